The van der Waals surface area contributed by atoms with Gasteiger partial charge >= 0.3 is 6.09 Å². The van der Waals surface area contributed by atoms with Crippen molar-refractivity contribution in [3.8, 4) is 0 Å². The Hall–Kier alpha value is -3.62. The number of nitrogens with zero attached hydrogens (tertiary/aromatic N) is 1. The quantitative estimate of drug-likeness (QED) is 0.485. The van der Waals surface area contributed by atoms with Gasteiger partial charge in [-0.2, -0.15) is 0 Å². The molecule has 0 radical (unpaired) electrons. The molecule has 1 aromatic carbocycles. The number of nitrogens with one attached hydrogen (secondary N) is 2. The van der Waals surface area contributed by atoms with Crippen molar-refractivity contribution < 1.29 is 19.1 Å². The summed E-state index contributed by atoms with van der Waals surface area (Å²) in [5.74, 6) is -0.572. The zero-order valence-electron chi connectivity index (χ0n) is 17.1. The minimum absolute atomic E-state index is 0.240. The minimum Gasteiger partial charge on any atom is -0.436 e. The number of nitrogens with two attached hydrogens (primary N) is 2. The maximum absolute atomic E-state index is 12.5. The Bertz CT molecular complexity index is 888. The number of aryl methyl sites for hydroxylation is 2. The van der Waals surface area contributed by atoms with E-state index in [-0.39, 0.29) is 18.9 Å². The molecule has 0 fully saturated rings. The number of carbonyl (C=O) groups is 3. The highest BCUT2D eigenvalue weighted by atomic mass is 16.6. The van der Waals surface area contributed by atoms with Crippen molar-refractivity contribution in [2.75, 3.05) is 5.73 Å². The third-order valence-corrected chi connectivity index (χ3v) is 4.53. The molecule has 2 unspecified atom stereocenters. The van der Waals surface area contributed by atoms with Crippen molar-refractivity contribution in [2.24, 2.45) is 5.73 Å². The topological polar surface area (TPSA) is 149 Å². The largest absolute Gasteiger partial charge is 0.436 e. The number of hydrogen-bond acceptors (Lipinski definition) is 6. The summed E-state index contributed by atoms with van der Waals surface area (Å²) >= 11 is 0. The van der Waals surface area contributed by atoms with Crippen molar-refractivity contribution in [2.45, 2.75) is 45.4 Å². The van der Waals surface area contributed by atoms with E-state index in [0.717, 1.165) is 16.7 Å². The second-order valence-electron chi connectivity index (χ2n) is 6.93. The number of rotatable bonds is 9. The Balaban J connectivity index is 1.90. The molecule has 0 bridgehead atoms. The van der Waals surface area contributed by atoms with Crippen molar-refractivity contribution in [3.05, 3.63) is 59.3 Å². The lowest BCUT2D eigenvalue weighted by atomic mass is 10.1. The number of ether oxygens (including phenoxy) is 1. The first-order chi connectivity index (χ1) is 14.3. The number of pyridine rings is 1. The molecule has 6 N–H and O–H groups in total. The van der Waals surface area contributed by atoms with E-state index in [9.17, 15) is 14.4 Å². The molecule has 1 aromatic heterocycles. The molecule has 9 nitrogen and oxygen atoms in total. The first kappa shape index (κ1) is 22.7. The third-order valence-electron chi connectivity index (χ3n) is 4.53. The Kier molecular flexibility index (Phi) is 8.16. The van der Waals surface area contributed by atoms with Crippen LogP contribution in [0.2, 0.25) is 0 Å². The van der Waals surface area contributed by atoms with Crippen molar-refractivity contribution in [3.63, 3.8) is 0 Å². The van der Waals surface area contributed by atoms with Gasteiger partial charge in [-0.05, 0) is 49.4 Å². The molecule has 3 amide bonds. The molecule has 0 aliphatic carbocycles. The molecule has 0 aliphatic heterocycles. The smallest absolute Gasteiger partial charge is 0.405 e. The van der Waals surface area contributed by atoms with E-state index in [1.807, 2.05) is 37.3 Å². The average molecular weight is 413 g/mol. The van der Waals surface area contributed by atoms with Gasteiger partial charge in [0.05, 0.1) is 0 Å². The lowest BCUT2D eigenvalue weighted by molar-refractivity contribution is -0.134. The number of anilines is 1. The SMILES string of the molecule is Cc1cc(N)ncc1CNC(=O)C(C)NC(=O)C(CCc1ccccc1)OC(N)=O. The van der Waals surface area contributed by atoms with Gasteiger partial charge in [0.2, 0.25) is 5.91 Å². The Morgan fingerprint density at radius 1 is 1.17 bits per heavy atom. The van der Waals surface area contributed by atoms with Gasteiger partial charge in [-0.15, -0.1) is 0 Å². The van der Waals surface area contributed by atoms with Crippen LogP contribution in [0.1, 0.15) is 30.0 Å². The number of amides is 3. The predicted octanol–water partition coefficient (Wildman–Crippen LogP) is 1.19. The van der Waals surface area contributed by atoms with Gasteiger partial charge in [-0.1, -0.05) is 30.3 Å². The number of hydrogen-bond donors (Lipinski definition) is 4. The molecule has 0 aliphatic rings. The first-order valence-corrected chi connectivity index (χ1v) is 9.55. The third kappa shape index (κ3) is 7.08. The summed E-state index contributed by atoms with van der Waals surface area (Å²) < 4.78 is 4.95. The van der Waals surface area contributed by atoms with E-state index in [1.165, 1.54) is 0 Å². The fourth-order valence-corrected chi connectivity index (χ4v) is 2.82. The maximum atomic E-state index is 12.5. The molecule has 1 heterocycles. The van der Waals surface area contributed by atoms with E-state index in [0.29, 0.717) is 12.2 Å². The molecule has 2 rings (SSSR count). The van der Waals surface area contributed by atoms with Crippen molar-refractivity contribution in [1.82, 2.24) is 15.6 Å². The van der Waals surface area contributed by atoms with Gasteiger partial charge in [0.25, 0.3) is 5.91 Å². The van der Waals surface area contributed by atoms with Crippen LogP contribution in [0, 0.1) is 6.92 Å². The van der Waals surface area contributed by atoms with Gasteiger partial charge in [0.1, 0.15) is 11.9 Å². The lowest BCUT2D eigenvalue weighted by Crippen LogP contribution is -2.49. The van der Waals surface area contributed by atoms with Gasteiger partial charge in [-0.25, -0.2) is 9.78 Å². The van der Waals surface area contributed by atoms with Crippen LogP contribution in [0.5, 0.6) is 0 Å². The summed E-state index contributed by atoms with van der Waals surface area (Å²) in [6.07, 6.45) is 0.196. The molecule has 0 spiro atoms. The number of carbonyl (C=O) groups excluding carboxylic acids is 3. The van der Waals surface area contributed by atoms with Crippen LogP contribution in [0.3, 0.4) is 0 Å². The van der Waals surface area contributed by atoms with E-state index >= 15 is 0 Å². The van der Waals surface area contributed by atoms with Crippen LogP contribution in [0.15, 0.2) is 42.6 Å². The van der Waals surface area contributed by atoms with E-state index in [4.69, 9.17) is 16.2 Å². The number of primary amides is 1. The zero-order chi connectivity index (χ0) is 22.1. The molecule has 2 atom stereocenters. The maximum Gasteiger partial charge on any atom is 0.405 e. The summed E-state index contributed by atoms with van der Waals surface area (Å²) in [6, 6.07) is 10.3. The van der Waals surface area contributed by atoms with Crippen molar-refractivity contribution in [1.29, 1.82) is 0 Å². The Labute approximate surface area is 175 Å². The number of nitrogen functional groups attached to an aromatic ring is 1. The Morgan fingerprint density at radius 3 is 2.50 bits per heavy atom. The summed E-state index contributed by atoms with van der Waals surface area (Å²) in [4.78, 5) is 40.1. The molecule has 160 valence electrons. The van der Waals surface area contributed by atoms with Crippen LogP contribution in [0.4, 0.5) is 10.6 Å². The van der Waals surface area contributed by atoms with Crippen LogP contribution in [-0.2, 0) is 27.3 Å². The first-order valence-electron chi connectivity index (χ1n) is 9.55. The monoisotopic (exact) mass is 413 g/mol. The van der Waals surface area contributed by atoms with Gasteiger partial charge < -0.3 is 26.8 Å². The molecule has 0 saturated heterocycles. The lowest BCUT2D eigenvalue weighted by Gasteiger charge is -2.20. The molecular formula is C21H27N5O4. The van der Waals surface area contributed by atoms with Gasteiger partial charge in [0, 0.05) is 12.7 Å². The molecular weight excluding hydrogens is 386 g/mol. The predicted molar refractivity (Wildman–Crippen MR) is 112 cm³/mol. The highest BCUT2D eigenvalue weighted by Crippen LogP contribution is 2.10. The second kappa shape index (κ2) is 10.8. The Morgan fingerprint density at radius 2 is 1.87 bits per heavy atom. The molecule has 9 heteroatoms. The zero-order valence-corrected chi connectivity index (χ0v) is 17.1. The standard InChI is InChI=1S/C21H27N5O4/c1-13-10-18(22)24-11-16(13)12-25-19(27)14(2)26-20(28)17(30-21(23)29)9-8-15-6-4-3-5-7-15/h3-7,10-11,14,17H,8-9,12H2,1-2H3,(H2,22,24)(H2,23,29)(H,25,27)(H,26,28). The summed E-state index contributed by atoms with van der Waals surface area (Å²) in [5.41, 5.74) is 13.4. The second-order valence-corrected chi connectivity index (χ2v) is 6.93. The van der Waals surface area contributed by atoms with Crippen LogP contribution in [-0.4, -0.2) is 35.0 Å². The summed E-state index contributed by atoms with van der Waals surface area (Å²) in [7, 11) is 0. The van der Waals surface area contributed by atoms with E-state index in [1.54, 1.807) is 19.2 Å². The summed E-state index contributed by atoms with van der Waals surface area (Å²) in [5, 5.41) is 5.30. The molecule has 2 aromatic rings. The molecule has 30 heavy (non-hydrogen) atoms. The van der Waals surface area contributed by atoms with Crippen LogP contribution in [0.25, 0.3) is 0 Å². The average Bonchev–Trinajstić information content (AvgIpc) is 2.70. The summed E-state index contributed by atoms with van der Waals surface area (Å²) in [6.45, 7) is 3.65. The normalized spacial score (nSPS) is 12.5. The number of benzene rings is 1. The fraction of sp³-hybridized carbons (Fsp3) is 0.333. The molecule has 0 saturated carbocycles. The van der Waals surface area contributed by atoms with Gasteiger partial charge in [-0.3, -0.25) is 9.59 Å². The van der Waals surface area contributed by atoms with Crippen molar-refractivity contribution >= 4 is 23.7 Å². The minimum atomic E-state index is -1.10. The highest BCUT2D eigenvalue weighted by Gasteiger charge is 2.25. The van der Waals surface area contributed by atoms with E-state index < -0.39 is 24.1 Å². The highest BCUT2D eigenvalue weighted by molar-refractivity contribution is 5.89. The van der Waals surface area contributed by atoms with Crippen LogP contribution >= 0.6 is 0 Å². The fourth-order valence-electron chi connectivity index (χ4n) is 2.82. The van der Waals surface area contributed by atoms with E-state index in [2.05, 4.69) is 15.6 Å². The number of aromatic nitrogens is 1. The van der Waals surface area contributed by atoms with Crippen LogP contribution < -0.4 is 22.1 Å². The van der Waals surface area contributed by atoms with Gasteiger partial charge in [0.15, 0.2) is 6.10 Å².